The minimum Gasteiger partial charge on any atom is -0.495 e. The van der Waals surface area contributed by atoms with E-state index in [1.54, 1.807) is 24.4 Å². The van der Waals surface area contributed by atoms with Crippen LogP contribution in [0.3, 0.4) is 0 Å². The number of sulfone groups is 1. The molecule has 0 bridgehead atoms. The molecule has 1 amide bonds. The molecule has 2 heterocycles. The van der Waals surface area contributed by atoms with Crippen LogP contribution < -0.4 is 20.5 Å². The van der Waals surface area contributed by atoms with E-state index >= 15 is 0 Å². The van der Waals surface area contributed by atoms with E-state index in [0.717, 1.165) is 11.2 Å². The third-order valence-electron chi connectivity index (χ3n) is 6.24. The fourth-order valence-electron chi connectivity index (χ4n) is 4.37. The quantitative estimate of drug-likeness (QED) is 0.384. The Morgan fingerprint density at radius 1 is 1.22 bits per heavy atom. The number of nitrogens with zero attached hydrogens (tertiary/aromatic N) is 3. The predicted octanol–water partition coefficient (Wildman–Crippen LogP) is 3.48. The number of nitrogens with two attached hydrogens (primary N) is 1. The molecule has 198 valence electrons. The molecule has 0 spiro atoms. The molecule has 2 aromatic carbocycles. The number of nitrogens with one attached hydrogen (secondary N) is 1. The van der Waals surface area contributed by atoms with Crippen LogP contribution >= 0.6 is 23.2 Å². The molecule has 0 saturated carbocycles. The summed E-state index contributed by atoms with van der Waals surface area (Å²) in [6.45, 7) is 0.0399. The maximum Gasteiger partial charge on any atom is 0.407 e. The normalized spacial score (nSPS) is 18.6. The third-order valence-corrected chi connectivity index (χ3v) is 8.29. The van der Waals surface area contributed by atoms with Gasteiger partial charge < -0.3 is 30.5 Å². The number of carboxylic acid groups (broad SMARTS) is 1. The number of benzene rings is 2. The van der Waals surface area contributed by atoms with Crippen LogP contribution in [0.4, 0.5) is 10.7 Å². The monoisotopic (exact) mass is 569 g/mol. The summed E-state index contributed by atoms with van der Waals surface area (Å²) < 4.78 is 34.5. The van der Waals surface area contributed by atoms with Gasteiger partial charge in [0, 0.05) is 42.1 Å². The fraction of sp³-hybridized carbons (Fsp3) is 0.348. The maximum atomic E-state index is 11.9. The van der Waals surface area contributed by atoms with E-state index in [1.165, 1.54) is 14.2 Å². The number of anilines is 1. The molecule has 37 heavy (non-hydrogen) atoms. The molecule has 1 fully saturated rings. The van der Waals surface area contributed by atoms with Crippen LogP contribution in [0.15, 0.2) is 30.5 Å². The Morgan fingerprint density at radius 3 is 2.43 bits per heavy atom. The van der Waals surface area contributed by atoms with Gasteiger partial charge in [0.05, 0.1) is 35.8 Å². The predicted molar refractivity (Wildman–Crippen MR) is 141 cm³/mol. The lowest BCUT2D eigenvalue weighted by atomic mass is 10.0. The number of likely N-dealkylation sites (tertiary alicyclic amines) is 1. The molecule has 1 aliphatic rings. The number of carbonyl (C=O) groups is 1. The molecule has 1 unspecified atom stereocenters. The van der Waals surface area contributed by atoms with Gasteiger partial charge in [0.25, 0.3) is 0 Å². The first kappa shape index (κ1) is 27.0. The molecule has 1 saturated heterocycles. The molecule has 4 rings (SSSR count). The Balaban J connectivity index is 1.61. The van der Waals surface area contributed by atoms with Crippen LogP contribution in [-0.2, 0) is 9.84 Å². The van der Waals surface area contributed by atoms with Crippen LogP contribution in [0.1, 0.15) is 6.42 Å². The summed E-state index contributed by atoms with van der Waals surface area (Å²) in [6, 6.07) is 5.70. The molecule has 3 atom stereocenters. The average molecular weight is 570 g/mol. The van der Waals surface area contributed by atoms with Gasteiger partial charge in [-0.2, -0.15) is 0 Å². The highest BCUT2D eigenvalue weighted by atomic mass is 35.5. The average Bonchev–Trinajstić information content (AvgIpc) is 3.27. The molecular formula is C23H25Cl2N5O6S. The molecule has 3 aromatic rings. The second-order valence-electron chi connectivity index (χ2n) is 8.62. The molecular weight excluding hydrogens is 545 g/mol. The number of fused-ring (bicyclic) bond motifs is 1. The summed E-state index contributed by atoms with van der Waals surface area (Å²) in [4.78, 5) is 21.6. The second kappa shape index (κ2) is 10.4. The fourth-order valence-corrected chi connectivity index (χ4v) is 5.92. The highest BCUT2D eigenvalue weighted by Crippen LogP contribution is 2.46. The van der Waals surface area contributed by atoms with Gasteiger partial charge in [0.2, 0.25) is 5.95 Å². The number of aromatic nitrogens is 2. The zero-order chi connectivity index (χ0) is 27.1. The number of rotatable bonds is 7. The lowest BCUT2D eigenvalue weighted by Crippen LogP contribution is -2.49. The minimum atomic E-state index is -3.64. The van der Waals surface area contributed by atoms with Crippen molar-refractivity contribution in [2.75, 3.05) is 32.3 Å². The smallest absolute Gasteiger partial charge is 0.407 e. The summed E-state index contributed by atoms with van der Waals surface area (Å²) in [5.41, 5.74) is 7.70. The molecule has 0 radical (unpaired) electrons. The largest absolute Gasteiger partial charge is 0.495 e. The zero-order valence-electron chi connectivity index (χ0n) is 20.1. The van der Waals surface area contributed by atoms with E-state index in [0.29, 0.717) is 43.6 Å². The maximum absolute atomic E-state index is 11.9. The van der Waals surface area contributed by atoms with Gasteiger partial charge >= 0.3 is 6.09 Å². The van der Waals surface area contributed by atoms with E-state index in [1.807, 2.05) is 6.07 Å². The van der Waals surface area contributed by atoms with Crippen LogP contribution in [0.2, 0.25) is 10.0 Å². The lowest BCUT2D eigenvalue weighted by molar-refractivity contribution is 0.139. The van der Waals surface area contributed by atoms with Crippen molar-refractivity contribution in [2.24, 2.45) is 5.73 Å². The standard InChI is InChI=1S/C23H25Cl2N5O6S/c1-35-16-8-17(36-2)20(25)18(19(16)24)11-4-5-14-12(6-11)9-27-22(29-14)28-13-7-15(21(26)37(3,33)34)30(10-13)23(31)32/h4-6,8-9,13,15,21H,7,10,26H2,1-3H3,(H,31,32)(H,27,28,29)/t13-,15-,21?/m0/s1. The third kappa shape index (κ3) is 5.33. The number of methoxy groups -OCH3 is 2. The van der Waals surface area contributed by atoms with Crippen molar-refractivity contribution < 1.29 is 27.8 Å². The first-order valence-corrected chi connectivity index (χ1v) is 13.7. The van der Waals surface area contributed by atoms with Crippen molar-refractivity contribution in [1.82, 2.24) is 14.9 Å². The molecule has 4 N–H and O–H groups in total. The van der Waals surface area contributed by atoms with Crippen LogP contribution in [0.5, 0.6) is 11.5 Å². The Morgan fingerprint density at radius 2 is 1.86 bits per heavy atom. The van der Waals surface area contributed by atoms with E-state index in [-0.39, 0.29) is 18.9 Å². The van der Waals surface area contributed by atoms with Gasteiger partial charge in [-0.15, -0.1) is 0 Å². The lowest BCUT2D eigenvalue weighted by Gasteiger charge is -2.25. The number of hydrogen-bond acceptors (Lipinski definition) is 9. The van der Waals surface area contributed by atoms with Crippen molar-refractivity contribution in [3.05, 3.63) is 40.5 Å². The van der Waals surface area contributed by atoms with Crippen LogP contribution in [-0.4, -0.2) is 79.0 Å². The molecule has 1 aromatic heterocycles. The van der Waals surface area contributed by atoms with Crippen molar-refractivity contribution in [1.29, 1.82) is 0 Å². The minimum absolute atomic E-state index is 0.0399. The van der Waals surface area contributed by atoms with Crippen molar-refractivity contribution in [3.63, 3.8) is 0 Å². The number of halogens is 2. The van der Waals surface area contributed by atoms with Gasteiger partial charge in [0.1, 0.15) is 16.9 Å². The van der Waals surface area contributed by atoms with Crippen LogP contribution in [0.25, 0.3) is 22.0 Å². The Kier molecular flexibility index (Phi) is 7.56. The Labute approximate surface area is 223 Å². The van der Waals surface area contributed by atoms with E-state index in [9.17, 15) is 18.3 Å². The highest BCUT2D eigenvalue weighted by Gasteiger charge is 2.42. The molecule has 11 nitrogen and oxygen atoms in total. The first-order chi connectivity index (χ1) is 17.4. The number of amides is 1. The summed E-state index contributed by atoms with van der Waals surface area (Å²) in [6.07, 6.45) is 1.54. The Hall–Kier alpha value is -3.06. The van der Waals surface area contributed by atoms with E-state index < -0.39 is 33.4 Å². The van der Waals surface area contributed by atoms with E-state index in [2.05, 4.69) is 15.3 Å². The second-order valence-corrected chi connectivity index (χ2v) is 11.6. The first-order valence-electron chi connectivity index (χ1n) is 11.0. The summed E-state index contributed by atoms with van der Waals surface area (Å²) in [7, 11) is -0.644. The summed E-state index contributed by atoms with van der Waals surface area (Å²) in [5, 5.41) is 12.7. The van der Waals surface area contributed by atoms with Crippen molar-refractivity contribution >= 4 is 56.0 Å². The van der Waals surface area contributed by atoms with Crippen molar-refractivity contribution in [3.8, 4) is 22.6 Å². The molecule has 1 aliphatic heterocycles. The summed E-state index contributed by atoms with van der Waals surface area (Å²) in [5.74, 6) is 1.09. The van der Waals surface area contributed by atoms with Gasteiger partial charge in [-0.25, -0.2) is 23.2 Å². The molecule has 14 heteroatoms. The SMILES string of the molecule is COc1cc(OC)c(Cl)c(-c2ccc3nc(N[C@H]4C[C@@H](C(N)S(C)(=O)=O)N(C(=O)O)C4)ncc3c2)c1Cl. The summed E-state index contributed by atoms with van der Waals surface area (Å²) >= 11 is 13.1. The highest BCUT2D eigenvalue weighted by molar-refractivity contribution is 7.91. The van der Waals surface area contributed by atoms with Gasteiger partial charge in [0.15, 0.2) is 9.84 Å². The van der Waals surface area contributed by atoms with Gasteiger partial charge in [-0.1, -0.05) is 29.3 Å². The van der Waals surface area contributed by atoms with E-state index in [4.69, 9.17) is 38.4 Å². The van der Waals surface area contributed by atoms with Crippen LogP contribution in [0, 0.1) is 0 Å². The number of ether oxygens (including phenoxy) is 2. The van der Waals surface area contributed by atoms with Crippen molar-refractivity contribution in [2.45, 2.75) is 23.9 Å². The van der Waals surface area contributed by atoms with Gasteiger partial charge in [-0.05, 0) is 24.1 Å². The molecule has 0 aliphatic carbocycles. The zero-order valence-corrected chi connectivity index (χ0v) is 22.4. The van der Waals surface area contributed by atoms with Gasteiger partial charge in [-0.3, -0.25) is 0 Å². The number of hydrogen-bond donors (Lipinski definition) is 3. The topological polar surface area (TPSA) is 157 Å². The Bertz CT molecular complexity index is 1440.